The molecule has 154 valence electrons. The standard InChI is InChI=1S/C24H24N2O4/c1-15-21(17(3)30-26-15)14-28-20-10-8-18(9-11-20)12-24(27)25-16(2)23-13-19-6-4-5-7-22(19)29-23/h4-11,13,16H,12,14H2,1-3H3,(H,25,27)/t16-/m0/s1. The summed E-state index contributed by atoms with van der Waals surface area (Å²) in [5.74, 6) is 2.18. The first-order valence-corrected chi connectivity index (χ1v) is 9.91. The number of nitrogens with one attached hydrogen (secondary N) is 1. The van der Waals surface area contributed by atoms with E-state index in [1.165, 1.54) is 0 Å². The van der Waals surface area contributed by atoms with Crippen LogP contribution in [-0.2, 0) is 17.8 Å². The lowest BCUT2D eigenvalue weighted by Crippen LogP contribution is -2.27. The van der Waals surface area contributed by atoms with Crippen molar-refractivity contribution < 1.29 is 18.5 Å². The molecule has 0 radical (unpaired) electrons. The molecule has 6 nitrogen and oxygen atoms in total. The molecule has 0 fully saturated rings. The molecule has 0 aliphatic rings. The fourth-order valence-electron chi connectivity index (χ4n) is 3.33. The van der Waals surface area contributed by atoms with Crippen molar-refractivity contribution in [1.82, 2.24) is 10.5 Å². The van der Waals surface area contributed by atoms with Crippen LogP contribution in [-0.4, -0.2) is 11.1 Å². The molecule has 0 saturated carbocycles. The third kappa shape index (κ3) is 4.38. The molecule has 0 bridgehead atoms. The van der Waals surface area contributed by atoms with Crippen molar-refractivity contribution in [3.8, 4) is 5.75 Å². The van der Waals surface area contributed by atoms with Crippen molar-refractivity contribution >= 4 is 16.9 Å². The average Bonchev–Trinajstić information content (AvgIpc) is 3.31. The first-order valence-electron chi connectivity index (χ1n) is 9.91. The molecular formula is C24H24N2O4. The molecule has 0 aliphatic carbocycles. The molecule has 4 rings (SSSR count). The zero-order valence-electron chi connectivity index (χ0n) is 17.3. The van der Waals surface area contributed by atoms with Crippen LogP contribution in [0.4, 0.5) is 0 Å². The highest BCUT2D eigenvalue weighted by Crippen LogP contribution is 2.24. The second kappa shape index (κ2) is 8.45. The van der Waals surface area contributed by atoms with Gasteiger partial charge >= 0.3 is 0 Å². The van der Waals surface area contributed by atoms with E-state index >= 15 is 0 Å². The largest absolute Gasteiger partial charge is 0.489 e. The number of benzene rings is 2. The minimum absolute atomic E-state index is 0.0626. The molecule has 4 aromatic rings. The van der Waals surface area contributed by atoms with Gasteiger partial charge in [-0.1, -0.05) is 35.5 Å². The number of amides is 1. The molecular weight excluding hydrogens is 380 g/mol. The van der Waals surface area contributed by atoms with Gasteiger partial charge in [0.05, 0.1) is 23.7 Å². The van der Waals surface area contributed by atoms with E-state index in [9.17, 15) is 4.79 Å². The summed E-state index contributed by atoms with van der Waals surface area (Å²) in [6, 6.07) is 17.1. The predicted molar refractivity (Wildman–Crippen MR) is 113 cm³/mol. The van der Waals surface area contributed by atoms with Crippen LogP contribution in [0.3, 0.4) is 0 Å². The Bertz CT molecular complexity index is 1110. The van der Waals surface area contributed by atoms with Crippen LogP contribution in [0.25, 0.3) is 11.0 Å². The van der Waals surface area contributed by atoms with Gasteiger partial charge in [-0.2, -0.15) is 0 Å². The quantitative estimate of drug-likeness (QED) is 0.467. The van der Waals surface area contributed by atoms with Crippen molar-refractivity contribution in [3.05, 3.63) is 82.9 Å². The Kier molecular flexibility index (Phi) is 5.57. The summed E-state index contributed by atoms with van der Waals surface area (Å²) in [6.07, 6.45) is 0.286. The number of hydrogen-bond acceptors (Lipinski definition) is 5. The van der Waals surface area contributed by atoms with E-state index in [2.05, 4.69) is 10.5 Å². The van der Waals surface area contributed by atoms with Gasteiger partial charge in [-0.05, 0) is 50.6 Å². The number of aromatic nitrogens is 1. The molecule has 1 atom stereocenters. The topological polar surface area (TPSA) is 77.5 Å². The van der Waals surface area contributed by atoms with Gasteiger partial charge < -0.3 is 19.0 Å². The molecule has 0 unspecified atom stereocenters. The molecule has 2 aromatic heterocycles. The number of aryl methyl sites for hydroxylation is 2. The number of carbonyl (C=O) groups excluding carboxylic acids is 1. The van der Waals surface area contributed by atoms with Crippen molar-refractivity contribution in [1.29, 1.82) is 0 Å². The SMILES string of the molecule is Cc1noc(C)c1COc1ccc(CC(=O)N[C@@H](C)c2cc3ccccc3o2)cc1. The third-order valence-corrected chi connectivity index (χ3v) is 5.10. The Morgan fingerprint density at radius 2 is 1.90 bits per heavy atom. The summed E-state index contributed by atoms with van der Waals surface area (Å²) in [5.41, 5.74) is 3.52. The van der Waals surface area contributed by atoms with Gasteiger partial charge in [0, 0.05) is 5.39 Å². The third-order valence-electron chi connectivity index (χ3n) is 5.10. The fraction of sp³-hybridized carbons (Fsp3) is 0.250. The molecule has 0 aliphatic heterocycles. The normalized spacial score (nSPS) is 12.1. The zero-order valence-corrected chi connectivity index (χ0v) is 17.3. The van der Waals surface area contributed by atoms with E-state index in [4.69, 9.17) is 13.7 Å². The maximum atomic E-state index is 12.5. The summed E-state index contributed by atoms with van der Waals surface area (Å²) in [7, 11) is 0. The van der Waals surface area contributed by atoms with Crippen LogP contribution < -0.4 is 10.1 Å². The summed E-state index contributed by atoms with van der Waals surface area (Å²) >= 11 is 0. The second-order valence-electron chi connectivity index (χ2n) is 7.39. The molecule has 2 aromatic carbocycles. The van der Waals surface area contributed by atoms with E-state index in [0.29, 0.717) is 6.61 Å². The molecule has 2 heterocycles. The van der Waals surface area contributed by atoms with Crippen LogP contribution in [0, 0.1) is 13.8 Å². The van der Waals surface area contributed by atoms with Gasteiger partial charge in [-0.15, -0.1) is 0 Å². The summed E-state index contributed by atoms with van der Waals surface area (Å²) < 4.78 is 16.8. The lowest BCUT2D eigenvalue weighted by Gasteiger charge is -2.12. The maximum Gasteiger partial charge on any atom is 0.224 e. The van der Waals surface area contributed by atoms with Gasteiger partial charge in [0.2, 0.25) is 5.91 Å². The summed E-state index contributed by atoms with van der Waals surface area (Å²) in [6.45, 7) is 6.08. The van der Waals surface area contributed by atoms with E-state index in [-0.39, 0.29) is 18.4 Å². The Hall–Kier alpha value is -3.54. The van der Waals surface area contributed by atoms with E-state index in [1.54, 1.807) is 0 Å². The first-order chi connectivity index (χ1) is 14.5. The van der Waals surface area contributed by atoms with Crippen molar-refractivity contribution in [2.75, 3.05) is 0 Å². The maximum absolute atomic E-state index is 12.5. The molecule has 1 amide bonds. The van der Waals surface area contributed by atoms with Crippen LogP contribution in [0.2, 0.25) is 0 Å². The molecule has 6 heteroatoms. The molecule has 1 N–H and O–H groups in total. The first kappa shape index (κ1) is 19.8. The van der Waals surface area contributed by atoms with E-state index in [0.717, 1.165) is 45.1 Å². The second-order valence-corrected chi connectivity index (χ2v) is 7.39. The van der Waals surface area contributed by atoms with Crippen LogP contribution in [0.5, 0.6) is 5.75 Å². The predicted octanol–water partition coefficient (Wildman–Crippen LogP) is 5.04. The minimum atomic E-state index is -0.206. The fourth-order valence-corrected chi connectivity index (χ4v) is 3.33. The van der Waals surface area contributed by atoms with Gasteiger partial charge in [0.1, 0.15) is 29.5 Å². The summed E-state index contributed by atoms with van der Waals surface area (Å²) in [4.78, 5) is 12.5. The lowest BCUT2D eigenvalue weighted by atomic mass is 10.1. The smallest absolute Gasteiger partial charge is 0.224 e. The van der Waals surface area contributed by atoms with Crippen molar-refractivity contribution in [2.24, 2.45) is 0 Å². The van der Waals surface area contributed by atoms with Crippen LogP contribution in [0.15, 0.2) is 63.5 Å². The highest BCUT2D eigenvalue weighted by molar-refractivity contribution is 5.80. The number of rotatable bonds is 7. The van der Waals surface area contributed by atoms with Crippen molar-refractivity contribution in [2.45, 2.75) is 39.8 Å². The monoisotopic (exact) mass is 404 g/mol. The van der Waals surface area contributed by atoms with Gasteiger partial charge in [-0.25, -0.2) is 0 Å². The highest BCUT2D eigenvalue weighted by Gasteiger charge is 2.15. The Labute approximate surface area is 174 Å². The number of ether oxygens (including phenoxy) is 1. The lowest BCUT2D eigenvalue weighted by molar-refractivity contribution is -0.121. The van der Waals surface area contributed by atoms with Crippen molar-refractivity contribution in [3.63, 3.8) is 0 Å². The minimum Gasteiger partial charge on any atom is -0.489 e. The van der Waals surface area contributed by atoms with Gasteiger partial charge in [0.25, 0.3) is 0 Å². The number of fused-ring (bicyclic) bond motifs is 1. The number of hydrogen-bond donors (Lipinski definition) is 1. The highest BCUT2D eigenvalue weighted by atomic mass is 16.5. The number of furan rings is 1. The van der Waals surface area contributed by atoms with Gasteiger partial charge in [0.15, 0.2) is 0 Å². The molecule has 30 heavy (non-hydrogen) atoms. The molecule has 0 saturated heterocycles. The number of para-hydroxylation sites is 1. The Morgan fingerprint density at radius 1 is 1.13 bits per heavy atom. The van der Waals surface area contributed by atoms with E-state index in [1.807, 2.05) is 75.4 Å². The van der Waals surface area contributed by atoms with Crippen LogP contribution in [0.1, 0.15) is 41.3 Å². The molecule has 0 spiro atoms. The number of carbonyl (C=O) groups is 1. The van der Waals surface area contributed by atoms with Crippen LogP contribution >= 0.6 is 0 Å². The van der Waals surface area contributed by atoms with Gasteiger partial charge in [-0.3, -0.25) is 4.79 Å². The Balaban J connectivity index is 1.32. The Morgan fingerprint density at radius 3 is 2.60 bits per heavy atom. The summed E-state index contributed by atoms with van der Waals surface area (Å²) in [5, 5.41) is 7.95. The zero-order chi connectivity index (χ0) is 21.1. The van der Waals surface area contributed by atoms with E-state index < -0.39 is 0 Å². The number of nitrogens with zero attached hydrogens (tertiary/aromatic N) is 1. The average molecular weight is 404 g/mol.